The Morgan fingerprint density at radius 1 is 1.43 bits per heavy atom. The molecule has 0 aliphatic heterocycles. The fourth-order valence-corrected chi connectivity index (χ4v) is 2.03. The van der Waals surface area contributed by atoms with Crippen LogP contribution in [0.2, 0.25) is 0 Å². The Morgan fingerprint density at radius 2 is 2.13 bits per heavy atom. The molecule has 2 rings (SSSR count). The molecule has 0 saturated heterocycles. The van der Waals surface area contributed by atoms with E-state index in [-0.39, 0.29) is 5.91 Å². The van der Waals surface area contributed by atoms with Gasteiger partial charge in [0.05, 0.1) is 17.9 Å². The highest BCUT2D eigenvalue weighted by atomic mass is 16.2. The van der Waals surface area contributed by atoms with Crippen molar-refractivity contribution < 1.29 is 9.90 Å². The first-order valence-electron chi connectivity index (χ1n) is 6.97. The van der Waals surface area contributed by atoms with Crippen LogP contribution in [-0.4, -0.2) is 23.0 Å². The van der Waals surface area contributed by atoms with Crippen LogP contribution >= 0.6 is 0 Å². The molecule has 0 aliphatic rings. The highest BCUT2D eigenvalue weighted by Crippen LogP contribution is 2.12. The van der Waals surface area contributed by atoms with Crippen LogP contribution in [0.5, 0.6) is 0 Å². The molecule has 1 aromatic heterocycles. The van der Waals surface area contributed by atoms with Gasteiger partial charge in [0.2, 0.25) is 0 Å². The number of carbonyl (C=O) groups excluding carboxylic acids is 1. The number of rotatable bonds is 3. The lowest BCUT2D eigenvalue weighted by Gasteiger charge is -2.06. The van der Waals surface area contributed by atoms with Gasteiger partial charge in [-0.3, -0.25) is 4.79 Å². The molecule has 1 amide bonds. The van der Waals surface area contributed by atoms with Crippen molar-refractivity contribution in [2.75, 3.05) is 7.05 Å². The highest BCUT2D eigenvalue weighted by molar-refractivity contribution is 5.92. The Labute approximate surface area is 135 Å². The van der Waals surface area contributed by atoms with Crippen molar-refractivity contribution in [3.8, 4) is 6.07 Å². The van der Waals surface area contributed by atoms with E-state index in [1.807, 2.05) is 31.2 Å². The van der Waals surface area contributed by atoms with Crippen molar-refractivity contribution in [1.82, 2.24) is 10.3 Å². The number of benzene rings is 1. The third kappa shape index (κ3) is 5.64. The van der Waals surface area contributed by atoms with Gasteiger partial charge in [-0.1, -0.05) is 18.7 Å². The average Bonchev–Trinajstić information content (AvgIpc) is 2.54. The molecule has 0 fully saturated rings. The largest absolute Gasteiger partial charge is 0.516 e. The van der Waals surface area contributed by atoms with Crippen LogP contribution in [-0.2, 0) is 6.42 Å². The fraction of sp³-hybridized carbons (Fsp3) is 0.167. The lowest BCUT2D eigenvalue weighted by molar-refractivity contribution is 0.0958. The number of aliphatic hydroxyl groups is 1. The molecule has 0 bridgehead atoms. The number of hydrogen-bond acceptors (Lipinski definition) is 4. The maximum Gasteiger partial charge on any atom is 0.269 e. The Hall–Kier alpha value is -3.13. The van der Waals surface area contributed by atoms with E-state index in [4.69, 9.17) is 10.4 Å². The monoisotopic (exact) mass is 309 g/mol. The maximum absolute atomic E-state index is 11.7. The fourth-order valence-electron chi connectivity index (χ4n) is 2.03. The van der Waals surface area contributed by atoms with Crippen LogP contribution in [0.15, 0.2) is 49.2 Å². The van der Waals surface area contributed by atoms with E-state index in [1.165, 1.54) is 0 Å². The summed E-state index contributed by atoms with van der Waals surface area (Å²) in [6.45, 7) is 4.85. The first kappa shape index (κ1) is 17.9. The number of nitrogens with one attached hydrogen (secondary N) is 1. The van der Waals surface area contributed by atoms with Crippen molar-refractivity contribution in [2.24, 2.45) is 0 Å². The molecule has 23 heavy (non-hydrogen) atoms. The predicted molar refractivity (Wildman–Crippen MR) is 89.2 cm³/mol. The van der Waals surface area contributed by atoms with Gasteiger partial charge in [0.15, 0.2) is 0 Å². The zero-order valence-electron chi connectivity index (χ0n) is 13.2. The minimum Gasteiger partial charge on any atom is -0.516 e. The number of nitrogens with zero attached hydrogens (tertiary/aromatic N) is 2. The Balaban J connectivity index is 0.000000816. The van der Waals surface area contributed by atoms with Crippen molar-refractivity contribution in [1.29, 1.82) is 5.26 Å². The van der Waals surface area contributed by atoms with Crippen molar-refractivity contribution in [3.05, 3.63) is 77.3 Å². The van der Waals surface area contributed by atoms with Gasteiger partial charge in [-0.05, 0) is 42.3 Å². The number of aliphatic hydroxyl groups excluding tert-OH is 1. The lowest BCUT2D eigenvalue weighted by Crippen LogP contribution is -2.20. The van der Waals surface area contributed by atoms with Gasteiger partial charge in [0, 0.05) is 19.2 Å². The predicted octanol–water partition coefficient (Wildman–Crippen LogP) is 2.90. The SMILES string of the molecule is C=CO.CNC(=O)c1cc(C)cc(Cc2cccc(C#N)c2)n1. The second-order valence-electron chi connectivity index (χ2n) is 4.77. The molecule has 2 N–H and O–H groups in total. The molecule has 0 spiro atoms. The van der Waals surface area contributed by atoms with E-state index in [0.29, 0.717) is 17.7 Å². The van der Waals surface area contributed by atoms with Gasteiger partial charge in [-0.2, -0.15) is 5.26 Å². The van der Waals surface area contributed by atoms with E-state index in [1.54, 1.807) is 19.2 Å². The minimum absolute atomic E-state index is 0.194. The zero-order chi connectivity index (χ0) is 17.2. The second kappa shape index (κ2) is 9.00. The van der Waals surface area contributed by atoms with Crippen LogP contribution in [0.4, 0.5) is 0 Å². The first-order chi connectivity index (χ1) is 11.0. The van der Waals surface area contributed by atoms with E-state index in [9.17, 15) is 4.79 Å². The molecule has 0 unspecified atom stereocenters. The number of amides is 1. The zero-order valence-corrected chi connectivity index (χ0v) is 13.2. The standard InChI is InChI=1S/C16H15N3O.C2H4O/c1-11-6-14(19-15(7-11)16(20)18-2)9-12-4-3-5-13(8-12)10-17;1-2-3/h3-8H,9H2,1-2H3,(H,18,20);2-3H,1H2. The number of carbonyl (C=O) groups is 1. The van der Waals surface area contributed by atoms with Crippen LogP contribution in [0.25, 0.3) is 0 Å². The molecule has 5 nitrogen and oxygen atoms in total. The summed E-state index contributed by atoms with van der Waals surface area (Å²) in [7, 11) is 1.59. The maximum atomic E-state index is 11.7. The number of aromatic nitrogens is 1. The number of aryl methyl sites for hydroxylation is 1. The molecule has 118 valence electrons. The molecular weight excluding hydrogens is 290 g/mol. The van der Waals surface area contributed by atoms with Gasteiger partial charge in [-0.25, -0.2) is 4.98 Å². The van der Waals surface area contributed by atoms with Gasteiger partial charge in [0.25, 0.3) is 5.91 Å². The Bertz CT molecular complexity index is 733. The van der Waals surface area contributed by atoms with Crippen LogP contribution < -0.4 is 5.32 Å². The summed E-state index contributed by atoms with van der Waals surface area (Å²) in [5, 5.41) is 18.8. The molecule has 0 saturated carbocycles. The summed E-state index contributed by atoms with van der Waals surface area (Å²) in [6.07, 6.45) is 1.35. The molecule has 0 atom stereocenters. The third-order valence-electron chi connectivity index (χ3n) is 2.92. The van der Waals surface area contributed by atoms with Gasteiger partial charge in [0.1, 0.15) is 5.69 Å². The minimum atomic E-state index is -0.194. The van der Waals surface area contributed by atoms with Crippen LogP contribution in [0.1, 0.15) is 32.9 Å². The summed E-state index contributed by atoms with van der Waals surface area (Å²) in [5.41, 5.74) is 3.86. The number of hydrogen-bond donors (Lipinski definition) is 2. The van der Waals surface area contributed by atoms with Crippen LogP contribution in [0, 0.1) is 18.3 Å². The highest BCUT2D eigenvalue weighted by Gasteiger charge is 2.08. The molecule has 1 heterocycles. The average molecular weight is 309 g/mol. The number of pyridine rings is 1. The Morgan fingerprint density at radius 3 is 2.74 bits per heavy atom. The van der Waals surface area contributed by atoms with E-state index >= 15 is 0 Å². The quantitative estimate of drug-likeness (QED) is 0.854. The molecule has 0 aliphatic carbocycles. The van der Waals surface area contributed by atoms with Crippen molar-refractivity contribution in [3.63, 3.8) is 0 Å². The van der Waals surface area contributed by atoms with Gasteiger partial charge in [-0.15, -0.1) is 0 Å². The second-order valence-corrected chi connectivity index (χ2v) is 4.77. The summed E-state index contributed by atoms with van der Waals surface area (Å²) >= 11 is 0. The van der Waals surface area contributed by atoms with Gasteiger partial charge >= 0.3 is 0 Å². The topological polar surface area (TPSA) is 86.0 Å². The van der Waals surface area contributed by atoms with E-state index in [2.05, 4.69) is 22.9 Å². The molecule has 1 aromatic carbocycles. The summed E-state index contributed by atoms with van der Waals surface area (Å²) < 4.78 is 0. The lowest BCUT2D eigenvalue weighted by atomic mass is 10.1. The Kier molecular flexibility index (Phi) is 7.02. The van der Waals surface area contributed by atoms with E-state index < -0.39 is 0 Å². The molecule has 2 aromatic rings. The van der Waals surface area contributed by atoms with Gasteiger partial charge < -0.3 is 10.4 Å². The third-order valence-corrected chi connectivity index (χ3v) is 2.92. The summed E-state index contributed by atoms with van der Waals surface area (Å²) in [4.78, 5) is 16.0. The summed E-state index contributed by atoms with van der Waals surface area (Å²) in [5.74, 6) is -0.194. The number of nitriles is 1. The molecule has 0 radical (unpaired) electrons. The van der Waals surface area contributed by atoms with Crippen molar-refractivity contribution in [2.45, 2.75) is 13.3 Å². The molecule has 5 heteroatoms. The van der Waals surface area contributed by atoms with Crippen LogP contribution in [0.3, 0.4) is 0 Å². The van der Waals surface area contributed by atoms with E-state index in [0.717, 1.165) is 23.1 Å². The molecular formula is C18H19N3O2. The first-order valence-corrected chi connectivity index (χ1v) is 6.97. The smallest absolute Gasteiger partial charge is 0.269 e. The normalized spacial score (nSPS) is 9.09. The van der Waals surface area contributed by atoms with Crippen molar-refractivity contribution >= 4 is 5.91 Å². The summed E-state index contributed by atoms with van der Waals surface area (Å²) in [6, 6.07) is 13.2.